The van der Waals surface area contributed by atoms with Crippen molar-refractivity contribution in [3.8, 4) is 22.4 Å². The molecule has 6 nitrogen and oxygen atoms in total. The molecule has 0 saturated carbocycles. The van der Waals surface area contributed by atoms with E-state index in [9.17, 15) is 0 Å². The van der Waals surface area contributed by atoms with Crippen LogP contribution < -0.4 is 23.2 Å². The van der Waals surface area contributed by atoms with Crippen molar-refractivity contribution in [1.82, 2.24) is 0 Å². The fourth-order valence-electron chi connectivity index (χ4n) is 7.61. The summed E-state index contributed by atoms with van der Waals surface area (Å²) in [6, 6.07) is 45.3. The minimum atomic E-state index is -4.94. The Kier molecular flexibility index (Phi) is 11.0. The van der Waals surface area contributed by atoms with Crippen molar-refractivity contribution in [2.24, 2.45) is 7.05 Å². The Morgan fingerprint density at radius 2 is 1.19 bits per heavy atom. The lowest BCUT2D eigenvalue weighted by Crippen LogP contribution is -2.68. The van der Waals surface area contributed by atoms with Crippen LogP contribution in [0.25, 0.3) is 39.3 Å². The number of fused-ring (bicyclic) bond motifs is 2. The number of halogens is 1. The van der Waals surface area contributed by atoms with E-state index in [1.807, 2.05) is 0 Å². The second-order valence-corrected chi connectivity index (χ2v) is 14.0. The number of hydrogen-bond donors (Lipinski definition) is 0. The van der Waals surface area contributed by atoms with Gasteiger partial charge in [-0.2, -0.15) is 4.57 Å². The molecule has 7 heteroatoms. The highest BCUT2D eigenvalue weighted by Crippen LogP contribution is 2.44. The predicted octanol–water partition coefficient (Wildman–Crippen LogP) is 6.33. The lowest BCUT2D eigenvalue weighted by atomic mass is 9.84. The van der Waals surface area contributed by atoms with Gasteiger partial charge >= 0.3 is 0 Å². The molecule has 5 aromatic rings. The number of nitrogens with zero attached hydrogens (tertiary/aromatic N) is 1. The zero-order valence-corrected chi connectivity index (χ0v) is 30.3. The van der Waals surface area contributed by atoms with Crippen molar-refractivity contribution < 1.29 is 38.2 Å². The van der Waals surface area contributed by atoms with Gasteiger partial charge in [-0.25, -0.2) is 18.6 Å². The molecule has 1 aromatic heterocycles. The van der Waals surface area contributed by atoms with Crippen LogP contribution in [0.2, 0.25) is 0 Å². The maximum absolute atomic E-state index is 8.49. The fourth-order valence-corrected chi connectivity index (χ4v) is 7.61. The molecule has 53 heavy (non-hydrogen) atoms. The van der Waals surface area contributed by atoms with E-state index < -0.39 is 10.2 Å². The van der Waals surface area contributed by atoms with Gasteiger partial charge in [-0.1, -0.05) is 127 Å². The van der Waals surface area contributed by atoms with E-state index in [0.29, 0.717) is 0 Å². The van der Waals surface area contributed by atoms with Crippen molar-refractivity contribution in [3.63, 3.8) is 0 Å². The average Bonchev–Trinajstić information content (AvgIpc) is 3.18. The van der Waals surface area contributed by atoms with Crippen LogP contribution in [0.4, 0.5) is 0 Å². The largest absolute Gasteiger partial charge is 0.456 e. The van der Waals surface area contributed by atoms with Crippen LogP contribution in [0, 0.1) is 10.2 Å². The average molecular weight is 722 g/mol. The van der Waals surface area contributed by atoms with Crippen molar-refractivity contribution in [3.05, 3.63) is 191 Å². The first-order valence-corrected chi connectivity index (χ1v) is 19.1. The van der Waals surface area contributed by atoms with E-state index in [4.69, 9.17) is 23.4 Å². The highest BCUT2D eigenvalue weighted by molar-refractivity contribution is 5.88. The van der Waals surface area contributed by atoms with Gasteiger partial charge in [-0.05, 0) is 84.6 Å². The maximum atomic E-state index is 8.49. The Bertz CT molecular complexity index is 2230. The van der Waals surface area contributed by atoms with Crippen molar-refractivity contribution in [2.45, 2.75) is 38.5 Å². The first-order chi connectivity index (χ1) is 25.7. The summed E-state index contributed by atoms with van der Waals surface area (Å²) >= 11 is 0. The van der Waals surface area contributed by atoms with Crippen LogP contribution in [-0.4, -0.2) is 0 Å². The first kappa shape index (κ1) is 36.0. The van der Waals surface area contributed by atoms with Crippen LogP contribution in [0.1, 0.15) is 54.5 Å². The van der Waals surface area contributed by atoms with Crippen LogP contribution in [0.15, 0.2) is 169 Å². The van der Waals surface area contributed by atoms with E-state index >= 15 is 0 Å². The third kappa shape index (κ3) is 8.50. The summed E-state index contributed by atoms with van der Waals surface area (Å²) in [5, 5.41) is 0. The van der Waals surface area contributed by atoms with E-state index in [2.05, 4.69) is 163 Å². The summed E-state index contributed by atoms with van der Waals surface area (Å²) in [4.78, 5) is 0. The Labute approximate surface area is 313 Å². The zero-order valence-electron chi connectivity index (χ0n) is 29.5. The second kappa shape index (κ2) is 16.1. The standard InChI is InChI=1S/C46H40NO.ClHO4/c1-47-43(35-21-10-4-11-22-35)31-41(33-17-6-2-7-18-33)39-29-15-26-37(45(39)47)25-14-27-38-28-16-30-40-42(34-19-8-3-9-20-34)32-44(48-46(38)40)36-23-12-5-13-24-36;2-1(3,4)5/h2-14,17-25,27,31-32H,15-16,26,28-30H2,1H3;(H,2,3,4,5)/q+1;/p-1/b27-14+,37-25+;. The molecular formula is C46H40ClNO5. The van der Waals surface area contributed by atoms with Gasteiger partial charge in [0.15, 0.2) is 0 Å². The minimum absolute atomic E-state index is 0.912. The maximum Gasteiger partial charge on any atom is 0.213 e. The lowest BCUT2D eigenvalue weighted by molar-refractivity contribution is -2.00. The number of benzene rings is 4. The summed E-state index contributed by atoms with van der Waals surface area (Å²) < 4.78 is 43.2. The molecule has 0 spiro atoms. The van der Waals surface area contributed by atoms with Gasteiger partial charge in [0.2, 0.25) is 11.4 Å². The molecule has 3 aliphatic rings. The summed E-state index contributed by atoms with van der Waals surface area (Å²) in [7, 11) is -2.71. The van der Waals surface area contributed by atoms with Crippen molar-refractivity contribution in [2.75, 3.05) is 0 Å². The molecule has 2 heterocycles. The molecule has 0 saturated heterocycles. The molecular weight excluding hydrogens is 682 g/mol. The lowest BCUT2D eigenvalue weighted by Gasteiger charge is -2.29. The Morgan fingerprint density at radius 1 is 0.642 bits per heavy atom. The third-order valence-corrected chi connectivity index (χ3v) is 9.91. The Balaban J connectivity index is 0.000000817. The second-order valence-electron chi connectivity index (χ2n) is 13.3. The molecule has 1 aliphatic heterocycles. The molecule has 0 radical (unpaired) electrons. The first-order valence-electron chi connectivity index (χ1n) is 17.9. The number of hydrogen-bond acceptors (Lipinski definition) is 5. The van der Waals surface area contributed by atoms with E-state index in [1.165, 1.54) is 61.5 Å². The highest BCUT2D eigenvalue weighted by atomic mass is 35.7. The predicted molar refractivity (Wildman–Crippen MR) is 198 cm³/mol. The molecule has 0 unspecified atom stereocenters. The highest BCUT2D eigenvalue weighted by Gasteiger charge is 2.30. The molecule has 0 atom stereocenters. The Hall–Kier alpha value is -5.34. The van der Waals surface area contributed by atoms with Crippen LogP contribution >= 0.6 is 0 Å². The molecule has 266 valence electrons. The molecule has 2 aliphatic carbocycles. The minimum Gasteiger partial charge on any atom is -0.456 e. The summed E-state index contributed by atoms with van der Waals surface area (Å²) in [6.45, 7) is 0. The summed E-state index contributed by atoms with van der Waals surface area (Å²) in [5.41, 5.74) is 15.5. The van der Waals surface area contributed by atoms with Gasteiger partial charge in [-0.3, -0.25) is 0 Å². The van der Waals surface area contributed by atoms with Gasteiger partial charge in [0.05, 0.1) is 0 Å². The monoisotopic (exact) mass is 721 g/mol. The number of allylic oxidation sites excluding steroid dienone is 8. The smallest absolute Gasteiger partial charge is 0.213 e. The van der Waals surface area contributed by atoms with Gasteiger partial charge < -0.3 is 4.74 Å². The number of pyridine rings is 1. The number of aromatic nitrogens is 1. The van der Waals surface area contributed by atoms with Gasteiger partial charge in [-0.15, -0.1) is 10.2 Å². The molecule has 0 amide bonds. The fraction of sp³-hybridized carbons (Fsp3) is 0.152. The molecule has 0 bridgehead atoms. The number of rotatable bonds is 6. The van der Waals surface area contributed by atoms with E-state index in [0.717, 1.165) is 55.6 Å². The van der Waals surface area contributed by atoms with E-state index in [-0.39, 0.29) is 0 Å². The van der Waals surface area contributed by atoms with Crippen LogP contribution in [0.5, 0.6) is 0 Å². The molecule has 0 fully saturated rings. The van der Waals surface area contributed by atoms with Gasteiger partial charge in [0, 0.05) is 33.9 Å². The van der Waals surface area contributed by atoms with Gasteiger partial charge in [0.25, 0.3) is 0 Å². The summed E-state index contributed by atoms with van der Waals surface area (Å²) in [6.07, 6.45) is 15.6. The van der Waals surface area contributed by atoms with Crippen molar-refractivity contribution >= 4 is 16.9 Å². The van der Waals surface area contributed by atoms with Crippen molar-refractivity contribution in [1.29, 1.82) is 0 Å². The van der Waals surface area contributed by atoms with Gasteiger partial charge in [0.1, 0.15) is 18.6 Å². The normalized spacial score (nSPS) is 16.4. The number of ether oxygens (including phenoxy) is 1. The summed E-state index contributed by atoms with van der Waals surface area (Å²) in [5.74, 6) is 1.94. The Morgan fingerprint density at radius 3 is 1.81 bits per heavy atom. The van der Waals surface area contributed by atoms with Crippen LogP contribution in [0.3, 0.4) is 0 Å². The topological polar surface area (TPSA) is 105 Å². The zero-order chi connectivity index (χ0) is 36.8. The third-order valence-electron chi connectivity index (χ3n) is 9.91. The van der Waals surface area contributed by atoms with E-state index in [1.54, 1.807) is 0 Å². The SMILES string of the molecule is C[n+]1c(-c2ccccc2)cc(-c2ccccc2)c2c1/C(=C/C=C/C1=C3OC(c4ccccc4)=CC(c4ccccc4)=C3CCC1)CCC2.[O-][Cl+3]([O-])([O-])[O-]. The molecule has 8 rings (SSSR count). The quantitative estimate of drug-likeness (QED) is 0.191. The molecule has 4 aromatic carbocycles. The van der Waals surface area contributed by atoms with Crippen LogP contribution in [-0.2, 0) is 18.2 Å². The molecule has 0 N–H and O–H groups in total.